The zero-order valence-electron chi connectivity index (χ0n) is 11.2. The van der Waals surface area contributed by atoms with Crippen LogP contribution in [0.25, 0.3) is 0 Å². The first-order valence-electron chi connectivity index (χ1n) is 5.82. The Hall–Kier alpha value is -1.31. The molecule has 0 saturated heterocycles. The van der Waals surface area contributed by atoms with Crippen LogP contribution in [0.2, 0.25) is 5.15 Å². The molecule has 8 heteroatoms. The van der Waals surface area contributed by atoms with Crippen molar-refractivity contribution in [2.24, 2.45) is 0 Å². The fraction of sp³-hybridized carbons (Fsp3) is 0.154. The molecule has 0 spiro atoms. The Morgan fingerprint density at radius 1 is 1.33 bits per heavy atom. The number of nitrogens with zero attached hydrogens (tertiary/aromatic N) is 1. The second-order valence-corrected chi connectivity index (χ2v) is 7.13. The topological polar surface area (TPSA) is 68.3 Å². The number of anilines is 1. The number of aromatic nitrogens is 1. The smallest absolute Gasteiger partial charge is 0.261 e. The molecule has 0 atom stereocenters. The van der Waals surface area contributed by atoms with Gasteiger partial charge in [0.2, 0.25) is 0 Å². The van der Waals surface area contributed by atoms with E-state index in [0.29, 0.717) is 26.6 Å². The van der Waals surface area contributed by atoms with E-state index in [1.165, 1.54) is 25.4 Å². The predicted molar refractivity (Wildman–Crippen MR) is 85.5 cm³/mol. The van der Waals surface area contributed by atoms with Gasteiger partial charge in [0.1, 0.15) is 10.9 Å². The molecule has 0 radical (unpaired) electrons. The molecule has 1 aromatic heterocycles. The molecular formula is C13H12BrClN2O3S. The molecule has 5 nitrogen and oxygen atoms in total. The van der Waals surface area contributed by atoms with Crippen molar-refractivity contribution in [2.75, 3.05) is 11.8 Å². The molecule has 0 unspecified atom stereocenters. The number of rotatable bonds is 4. The summed E-state index contributed by atoms with van der Waals surface area (Å²) in [5, 5.41) is 0.338. The molecule has 2 aromatic rings. The number of aryl methyl sites for hydroxylation is 1. The minimum absolute atomic E-state index is 0.114. The second kappa shape index (κ2) is 6.21. The minimum atomic E-state index is -3.71. The zero-order chi connectivity index (χ0) is 15.6. The largest absolute Gasteiger partial charge is 0.496 e. The van der Waals surface area contributed by atoms with Gasteiger partial charge in [0.25, 0.3) is 10.0 Å². The van der Waals surface area contributed by atoms with E-state index in [0.717, 1.165) is 0 Å². The van der Waals surface area contributed by atoms with Crippen molar-refractivity contribution in [2.45, 2.75) is 11.8 Å². The molecule has 21 heavy (non-hydrogen) atoms. The Kier molecular flexibility index (Phi) is 4.75. The summed E-state index contributed by atoms with van der Waals surface area (Å²) in [6.45, 7) is 1.75. The van der Waals surface area contributed by atoms with Gasteiger partial charge in [-0.15, -0.1) is 0 Å². The second-order valence-electron chi connectivity index (χ2n) is 4.23. The van der Waals surface area contributed by atoms with Crippen LogP contribution in [0.4, 0.5) is 5.69 Å². The Balaban J connectivity index is 2.33. The molecule has 0 saturated carbocycles. The lowest BCUT2D eigenvalue weighted by Gasteiger charge is -2.10. The van der Waals surface area contributed by atoms with Gasteiger partial charge in [0, 0.05) is 0 Å². The Labute approximate surface area is 136 Å². The van der Waals surface area contributed by atoms with Crippen molar-refractivity contribution < 1.29 is 13.2 Å². The summed E-state index contributed by atoms with van der Waals surface area (Å²) in [4.78, 5) is 4.02. The molecule has 0 amide bonds. The van der Waals surface area contributed by atoms with Gasteiger partial charge in [-0.1, -0.05) is 11.6 Å². The van der Waals surface area contributed by atoms with Crippen molar-refractivity contribution in [1.82, 2.24) is 4.98 Å². The van der Waals surface area contributed by atoms with Crippen molar-refractivity contribution in [3.63, 3.8) is 0 Å². The maximum absolute atomic E-state index is 12.3. The van der Waals surface area contributed by atoms with Crippen LogP contribution in [0.15, 0.2) is 39.8 Å². The highest BCUT2D eigenvalue weighted by molar-refractivity contribution is 9.10. The summed E-state index contributed by atoms with van der Waals surface area (Å²) in [7, 11) is -2.20. The SMILES string of the molecule is COc1ccc(S(=O)(=O)Nc2cnc(Cl)c(C)c2)cc1Br. The van der Waals surface area contributed by atoms with E-state index in [4.69, 9.17) is 16.3 Å². The number of methoxy groups -OCH3 is 1. The molecule has 0 aliphatic rings. The molecule has 0 fully saturated rings. The Bertz CT molecular complexity index is 781. The Morgan fingerprint density at radius 2 is 2.05 bits per heavy atom. The average Bonchev–Trinajstić information content (AvgIpc) is 2.42. The highest BCUT2D eigenvalue weighted by atomic mass is 79.9. The van der Waals surface area contributed by atoms with Crippen LogP contribution in [0, 0.1) is 6.92 Å². The van der Waals surface area contributed by atoms with Gasteiger partial charge in [0.15, 0.2) is 0 Å². The molecule has 1 aromatic carbocycles. The van der Waals surface area contributed by atoms with E-state index < -0.39 is 10.0 Å². The number of benzene rings is 1. The van der Waals surface area contributed by atoms with Crippen LogP contribution in [-0.2, 0) is 10.0 Å². The number of nitrogens with one attached hydrogen (secondary N) is 1. The molecule has 0 aliphatic carbocycles. The highest BCUT2D eigenvalue weighted by Crippen LogP contribution is 2.28. The van der Waals surface area contributed by atoms with Gasteiger partial charge < -0.3 is 4.74 Å². The summed E-state index contributed by atoms with van der Waals surface area (Å²) in [5.41, 5.74) is 1.04. The van der Waals surface area contributed by atoms with Crippen LogP contribution in [0.3, 0.4) is 0 Å². The van der Waals surface area contributed by atoms with Crippen LogP contribution in [0.5, 0.6) is 5.75 Å². The third-order valence-corrected chi connectivity index (χ3v) is 5.09. The molecule has 1 N–H and O–H groups in total. The molecular weight excluding hydrogens is 380 g/mol. The molecule has 0 bridgehead atoms. The lowest BCUT2D eigenvalue weighted by atomic mass is 10.3. The minimum Gasteiger partial charge on any atom is -0.496 e. The van der Waals surface area contributed by atoms with Gasteiger partial charge in [-0.3, -0.25) is 4.72 Å². The summed E-state index contributed by atoms with van der Waals surface area (Å²) in [6, 6.07) is 6.12. The van der Waals surface area contributed by atoms with Crippen LogP contribution < -0.4 is 9.46 Å². The van der Waals surface area contributed by atoms with Crippen molar-refractivity contribution in [1.29, 1.82) is 0 Å². The summed E-state index contributed by atoms with van der Waals surface area (Å²) in [6.07, 6.45) is 1.37. The monoisotopic (exact) mass is 390 g/mol. The first-order chi connectivity index (χ1) is 9.83. The number of halogens is 2. The molecule has 112 valence electrons. The van der Waals surface area contributed by atoms with Crippen molar-refractivity contribution in [3.05, 3.63) is 45.7 Å². The van der Waals surface area contributed by atoms with Crippen molar-refractivity contribution >= 4 is 43.2 Å². The third-order valence-electron chi connectivity index (χ3n) is 2.70. The number of hydrogen-bond donors (Lipinski definition) is 1. The zero-order valence-corrected chi connectivity index (χ0v) is 14.4. The van der Waals surface area contributed by atoms with Crippen molar-refractivity contribution in [3.8, 4) is 5.75 Å². The lowest BCUT2D eigenvalue weighted by Crippen LogP contribution is -2.13. The van der Waals surface area contributed by atoms with Gasteiger partial charge in [-0.05, 0) is 52.7 Å². The Morgan fingerprint density at radius 3 is 2.62 bits per heavy atom. The van der Waals surface area contributed by atoms with Crippen LogP contribution >= 0.6 is 27.5 Å². The summed E-state index contributed by atoms with van der Waals surface area (Å²) >= 11 is 9.07. The van der Waals surface area contributed by atoms with E-state index in [9.17, 15) is 8.42 Å². The number of ether oxygens (including phenoxy) is 1. The fourth-order valence-electron chi connectivity index (χ4n) is 1.64. The number of hydrogen-bond acceptors (Lipinski definition) is 4. The van der Waals surface area contributed by atoms with Crippen LogP contribution in [-0.4, -0.2) is 20.5 Å². The molecule has 2 rings (SSSR count). The van der Waals surface area contributed by atoms with E-state index in [-0.39, 0.29) is 4.90 Å². The maximum atomic E-state index is 12.3. The fourth-order valence-corrected chi connectivity index (χ4v) is 3.50. The number of sulfonamides is 1. The van der Waals surface area contributed by atoms with Gasteiger partial charge in [0.05, 0.1) is 28.4 Å². The summed E-state index contributed by atoms with van der Waals surface area (Å²) in [5.74, 6) is 0.554. The predicted octanol–water partition coefficient (Wildman–Crippen LogP) is 3.62. The normalized spacial score (nSPS) is 11.2. The number of pyridine rings is 1. The summed E-state index contributed by atoms with van der Waals surface area (Å²) < 4.78 is 32.7. The van der Waals surface area contributed by atoms with Gasteiger partial charge >= 0.3 is 0 Å². The van der Waals surface area contributed by atoms with Gasteiger partial charge in [-0.2, -0.15) is 0 Å². The lowest BCUT2D eigenvalue weighted by molar-refractivity contribution is 0.411. The molecule has 1 heterocycles. The average molecular weight is 392 g/mol. The first-order valence-corrected chi connectivity index (χ1v) is 8.47. The third kappa shape index (κ3) is 3.66. The van der Waals surface area contributed by atoms with E-state index in [2.05, 4.69) is 25.6 Å². The molecule has 0 aliphatic heterocycles. The quantitative estimate of drug-likeness (QED) is 0.808. The van der Waals surface area contributed by atoms with Gasteiger partial charge in [-0.25, -0.2) is 13.4 Å². The standard InChI is InChI=1S/C13H12BrClN2O3S/c1-8-5-9(7-16-13(8)15)17-21(18,19)10-3-4-12(20-2)11(14)6-10/h3-7,17H,1-2H3. The van der Waals surface area contributed by atoms with Crippen LogP contribution in [0.1, 0.15) is 5.56 Å². The van der Waals surface area contributed by atoms with E-state index in [1.807, 2.05) is 0 Å². The van der Waals surface area contributed by atoms with E-state index in [1.54, 1.807) is 19.1 Å². The maximum Gasteiger partial charge on any atom is 0.261 e. The van der Waals surface area contributed by atoms with E-state index >= 15 is 0 Å². The highest BCUT2D eigenvalue weighted by Gasteiger charge is 2.16. The first kappa shape index (κ1) is 16.1.